The van der Waals surface area contributed by atoms with Crippen LogP contribution in [0, 0.1) is 5.92 Å². The van der Waals surface area contributed by atoms with Crippen LogP contribution >= 0.6 is 0 Å². The summed E-state index contributed by atoms with van der Waals surface area (Å²) < 4.78 is 1.97. The van der Waals surface area contributed by atoms with Gasteiger partial charge >= 0.3 is 0 Å². The maximum Gasteiger partial charge on any atom is 0.0625 e. The van der Waals surface area contributed by atoms with Gasteiger partial charge in [-0.1, -0.05) is 13.8 Å². The molecule has 80 valence electrons. The number of aromatic nitrogens is 2. The van der Waals surface area contributed by atoms with Crippen molar-refractivity contribution in [2.75, 3.05) is 0 Å². The zero-order chi connectivity index (χ0) is 10.6. The fourth-order valence-corrected chi connectivity index (χ4v) is 1.37. The lowest BCUT2D eigenvalue weighted by Gasteiger charge is -2.04. The van der Waals surface area contributed by atoms with E-state index < -0.39 is 0 Å². The first-order chi connectivity index (χ1) is 6.58. The molecule has 1 atom stereocenters. The fraction of sp³-hybridized carbons (Fsp3) is 0.727. The highest BCUT2D eigenvalue weighted by molar-refractivity contribution is 4.99. The highest BCUT2D eigenvalue weighted by Gasteiger charge is 2.02. The Hall–Kier alpha value is -0.830. The maximum atomic E-state index is 9.13. The molecule has 0 radical (unpaired) electrons. The lowest BCUT2D eigenvalue weighted by Crippen LogP contribution is -2.06. The highest BCUT2D eigenvalue weighted by atomic mass is 16.3. The average molecular weight is 196 g/mol. The van der Waals surface area contributed by atoms with Crippen molar-refractivity contribution in [3.8, 4) is 0 Å². The largest absolute Gasteiger partial charge is 0.393 e. The first kappa shape index (κ1) is 11.2. The molecule has 0 aliphatic carbocycles. The van der Waals surface area contributed by atoms with Gasteiger partial charge in [0.05, 0.1) is 11.8 Å². The second-order valence-corrected chi connectivity index (χ2v) is 4.31. The second kappa shape index (κ2) is 5.15. The minimum Gasteiger partial charge on any atom is -0.393 e. The Balaban J connectivity index is 2.42. The lowest BCUT2D eigenvalue weighted by atomic mass is 10.2. The molecular weight excluding hydrogens is 176 g/mol. The van der Waals surface area contributed by atoms with Gasteiger partial charge in [0, 0.05) is 12.7 Å². The summed E-state index contributed by atoms with van der Waals surface area (Å²) in [6.07, 6.45) is 3.43. The van der Waals surface area contributed by atoms with E-state index in [0.29, 0.717) is 5.92 Å². The predicted octanol–water partition coefficient (Wildman–Crippen LogP) is 1.85. The summed E-state index contributed by atoms with van der Waals surface area (Å²) in [5.41, 5.74) is 1.08. The number of aryl methyl sites for hydroxylation is 1. The minimum atomic E-state index is -0.231. The summed E-state index contributed by atoms with van der Waals surface area (Å²) in [5.74, 6) is 0.625. The van der Waals surface area contributed by atoms with Crippen LogP contribution in [-0.4, -0.2) is 21.0 Å². The second-order valence-electron chi connectivity index (χ2n) is 4.31. The van der Waals surface area contributed by atoms with Crippen LogP contribution in [-0.2, 0) is 13.0 Å². The van der Waals surface area contributed by atoms with Crippen LogP contribution < -0.4 is 0 Å². The summed E-state index contributed by atoms with van der Waals surface area (Å²) in [7, 11) is 0. The Morgan fingerprint density at radius 1 is 1.43 bits per heavy atom. The number of aliphatic hydroxyl groups is 1. The van der Waals surface area contributed by atoms with Crippen LogP contribution in [0.5, 0.6) is 0 Å². The molecule has 0 amide bonds. The predicted molar refractivity (Wildman–Crippen MR) is 57.1 cm³/mol. The Labute approximate surface area is 85.8 Å². The number of hydrogen-bond donors (Lipinski definition) is 1. The molecule has 0 saturated heterocycles. The van der Waals surface area contributed by atoms with E-state index in [-0.39, 0.29) is 6.10 Å². The number of hydrogen-bond acceptors (Lipinski definition) is 2. The molecule has 3 nitrogen and oxygen atoms in total. The number of aliphatic hydroxyl groups excluding tert-OH is 1. The Bertz CT molecular complexity index is 266. The van der Waals surface area contributed by atoms with Crippen molar-refractivity contribution >= 4 is 0 Å². The molecule has 0 aliphatic rings. The van der Waals surface area contributed by atoms with Crippen LogP contribution in [0.25, 0.3) is 0 Å². The van der Waals surface area contributed by atoms with Gasteiger partial charge in [-0.15, -0.1) is 0 Å². The lowest BCUT2D eigenvalue weighted by molar-refractivity contribution is 0.184. The topological polar surface area (TPSA) is 38.0 Å². The summed E-state index contributed by atoms with van der Waals surface area (Å²) in [6, 6.07) is 2.03. The van der Waals surface area contributed by atoms with Gasteiger partial charge in [-0.2, -0.15) is 5.10 Å². The summed E-state index contributed by atoms with van der Waals surface area (Å²) in [6.45, 7) is 7.13. The number of rotatable bonds is 5. The third-order valence-electron chi connectivity index (χ3n) is 2.07. The van der Waals surface area contributed by atoms with Gasteiger partial charge in [-0.25, -0.2) is 0 Å². The van der Waals surface area contributed by atoms with Gasteiger partial charge < -0.3 is 5.11 Å². The van der Waals surface area contributed by atoms with Crippen LogP contribution in [0.2, 0.25) is 0 Å². The molecule has 1 heterocycles. The molecule has 1 aromatic heterocycles. The van der Waals surface area contributed by atoms with Crippen molar-refractivity contribution < 1.29 is 5.11 Å². The van der Waals surface area contributed by atoms with Gasteiger partial charge in [0.1, 0.15) is 0 Å². The molecule has 0 bridgehead atoms. The molecule has 0 fully saturated rings. The molecule has 0 unspecified atom stereocenters. The van der Waals surface area contributed by atoms with Gasteiger partial charge in [0.15, 0.2) is 0 Å². The molecule has 14 heavy (non-hydrogen) atoms. The zero-order valence-corrected chi connectivity index (χ0v) is 9.27. The van der Waals surface area contributed by atoms with Crippen LogP contribution in [0.1, 0.15) is 32.9 Å². The van der Waals surface area contributed by atoms with E-state index in [1.807, 2.05) is 23.9 Å². The van der Waals surface area contributed by atoms with E-state index in [1.165, 1.54) is 0 Å². The third-order valence-corrected chi connectivity index (χ3v) is 2.07. The van der Waals surface area contributed by atoms with Crippen molar-refractivity contribution in [1.82, 2.24) is 9.78 Å². The molecule has 1 rings (SSSR count). The Morgan fingerprint density at radius 2 is 2.14 bits per heavy atom. The van der Waals surface area contributed by atoms with Crippen LogP contribution in [0.15, 0.2) is 12.3 Å². The van der Waals surface area contributed by atoms with Gasteiger partial charge in [-0.05, 0) is 31.7 Å². The summed E-state index contributed by atoms with van der Waals surface area (Å²) in [5, 5.41) is 13.6. The Morgan fingerprint density at radius 3 is 2.71 bits per heavy atom. The number of nitrogens with zero attached hydrogens (tertiary/aromatic N) is 2. The van der Waals surface area contributed by atoms with Crippen molar-refractivity contribution in [3.05, 3.63) is 18.0 Å². The molecule has 1 N–H and O–H groups in total. The molecular formula is C11H20N2O. The van der Waals surface area contributed by atoms with E-state index in [1.54, 1.807) is 0 Å². The van der Waals surface area contributed by atoms with Crippen LogP contribution in [0.3, 0.4) is 0 Å². The maximum absolute atomic E-state index is 9.13. The molecule has 0 spiro atoms. The normalized spacial score (nSPS) is 13.5. The van der Waals surface area contributed by atoms with Gasteiger partial charge in [0.2, 0.25) is 0 Å². The van der Waals surface area contributed by atoms with E-state index in [4.69, 9.17) is 5.11 Å². The van der Waals surface area contributed by atoms with E-state index in [2.05, 4.69) is 18.9 Å². The molecule has 0 aromatic carbocycles. The third kappa shape index (κ3) is 3.92. The van der Waals surface area contributed by atoms with Crippen LogP contribution in [0.4, 0.5) is 0 Å². The molecule has 0 aliphatic heterocycles. The average Bonchev–Trinajstić information content (AvgIpc) is 2.47. The minimum absolute atomic E-state index is 0.231. The monoisotopic (exact) mass is 196 g/mol. The highest BCUT2D eigenvalue weighted by Crippen LogP contribution is 2.04. The molecule has 1 aromatic rings. The first-order valence-corrected chi connectivity index (χ1v) is 5.28. The summed E-state index contributed by atoms with van der Waals surface area (Å²) >= 11 is 0. The van der Waals surface area contributed by atoms with Crippen molar-refractivity contribution in [3.63, 3.8) is 0 Å². The van der Waals surface area contributed by atoms with Gasteiger partial charge in [0.25, 0.3) is 0 Å². The van der Waals surface area contributed by atoms with Crippen molar-refractivity contribution in [2.24, 2.45) is 5.92 Å². The molecule has 3 heteroatoms. The standard InChI is InChI=1S/C11H20N2O/c1-9(2)8-13-7-6-11(12-13)5-4-10(3)14/h6-7,9-10,14H,4-5,8H2,1-3H3/t10-/m1/s1. The SMILES string of the molecule is CC(C)Cn1ccc(CC[C@@H](C)O)n1. The first-order valence-electron chi connectivity index (χ1n) is 5.28. The van der Waals surface area contributed by atoms with E-state index >= 15 is 0 Å². The fourth-order valence-electron chi connectivity index (χ4n) is 1.37. The van der Waals surface area contributed by atoms with Crippen molar-refractivity contribution in [2.45, 2.75) is 46.3 Å². The van der Waals surface area contributed by atoms with E-state index in [9.17, 15) is 0 Å². The van der Waals surface area contributed by atoms with E-state index in [0.717, 1.165) is 25.1 Å². The quantitative estimate of drug-likeness (QED) is 0.780. The van der Waals surface area contributed by atoms with Crippen molar-refractivity contribution in [1.29, 1.82) is 0 Å². The van der Waals surface area contributed by atoms with Gasteiger partial charge in [-0.3, -0.25) is 4.68 Å². The molecule has 0 saturated carbocycles. The Kier molecular flexibility index (Phi) is 4.14. The summed E-state index contributed by atoms with van der Waals surface area (Å²) in [4.78, 5) is 0. The smallest absolute Gasteiger partial charge is 0.0625 e. The zero-order valence-electron chi connectivity index (χ0n) is 9.27.